The molecule has 1 heterocycles. The predicted molar refractivity (Wildman–Crippen MR) is 111 cm³/mol. The molecule has 0 spiro atoms. The lowest BCUT2D eigenvalue weighted by Gasteiger charge is -2.11. The number of hydrogen-bond acceptors (Lipinski definition) is 3. The van der Waals surface area contributed by atoms with E-state index in [1.54, 1.807) is 30.1 Å². The molecule has 1 saturated carbocycles. The third kappa shape index (κ3) is 3.50. The number of rotatable bonds is 5. The number of benzene rings is 2. The molecule has 28 heavy (non-hydrogen) atoms. The first-order valence-corrected chi connectivity index (χ1v) is 11.1. The summed E-state index contributed by atoms with van der Waals surface area (Å²) < 4.78 is 28.3. The number of amides is 1. The highest BCUT2D eigenvalue weighted by molar-refractivity contribution is 7.89. The van der Waals surface area contributed by atoms with Gasteiger partial charge in [-0.15, -0.1) is 0 Å². The second-order valence-corrected chi connectivity index (χ2v) is 9.13. The van der Waals surface area contributed by atoms with E-state index >= 15 is 0 Å². The zero-order chi connectivity index (χ0) is 19.7. The van der Waals surface area contributed by atoms with Crippen molar-refractivity contribution in [1.29, 1.82) is 0 Å². The van der Waals surface area contributed by atoms with E-state index < -0.39 is 10.0 Å². The summed E-state index contributed by atoms with van der Waals surface area (Å²) in [5.41, 5.74) is 4.47. The van der Waals surface area contributed by atoms with Crippen LogP contribution in [0.15, 0.2) is 59.0 Å². The lowest BCUT2D eigenvalue weighted by Crippen LogP contribution is -2.26. The Bertz CT molecular complexity index is 1030. The molecule has 1 aliphatic carbocycles. The summed E-state index contributed by atoms with van der Waals surface area (Å²) in [7, 11) is -1.89. The second kappa shape index (κ2) is 7.53. The minimum Gasteiger partial charge on any atom is -0.311 e. The van der Waals surface area contributed by atoms with Crippen LogP contribution in [0.1, 0.15) is 36.8 Å². The summed E-state index contributed by atoms with van der Waals surface area (Å²) in [5, 5.41) is 0. The topological polar surface area (TPSA) is 66.5 Å². The molecule has 1 amide bonds. The van der Waals surface area contributed by atoms with Crippen molar-refractivity contribution in [2.45, 2.75) is 37.0 Å². The van der Waals surface area contributed by atoms with Crippen LogP contribution in [0.2, 0.25) is 0 Å². The van der Waals surface area contributed by atoms with Crippen LogP contribution in [0.25, 0.3) is 5.57 Å². The average molecular weight is 397 g/mol. The van der Waals surface area contributed by atoms with Crippen LogP contribution in [-0.2, 0) is 21.2 Å². The summed E-state index contributed by atoms with van der Waals surface area (Å²) in [4.78, 5) is 14.6. The van der Waals surface area contributed by atoms with Crippen LogP contribution in [-0.4, -0.2) is 27.9 Å². The first kappa shape index (κ1) is 18.9. The van der Waals surface area contributed by atoms with E-state index in [0.717, 1.165) is 48.1 Å². The molecule has 1 aliphatic heterocycles. The number of carbonyl (C=O) groups is 1. The van der Waals surface area contributed by atoms with E-state index in [9.17, 15) is 13.2 Å². The fraction of sp³-hybridized carbons (Fsp3) is 0.318. The van der Waals surface area contributed by atoms with Crippen LogP contribution in [0.5, 0.6) is 0 Å². The van der Waals surface area contributed by atoms with Crippen LogP contribution in [0.3, 0.4) is 0 Å². The standard InChI is InChI=1S/C22H24N2O3S/c1-24-20-12-11-18(15-19(20)21(22(24)25)17-9-5-6-10-17)28(26,27)23-14-13-16-7-3-2-4-8-16/h2-4,7-8,11-12,15,23H,5-6,9-10,13-14H2,1H3. The van der Waals surface area contributed by atoms with Gasteiger partial charge in [-0.3, -0.25) is 4.79 Å². The second-order valence-electron chi connectivity index (χ2n) is 7.36. The van der Waals surface area contributed by atoms with Crippen molar-refractivity contribution in [3.63, 3.8) is 0 Å². The average Bonchev–Trinajstić information content (AvgIpc) is 3.30. The van der Waals surface area contributed by atoms with Gasteiger partial charge in [0.25, 0.3) is 5.91 Å². The Labute approximate surface area is 166 Å². The highest BCUT2D eigenvalue weighted by atomic mass is 32.2. The molecule has 0 aromatic heterocycles. The lowest BCUT2D eigenvalue weighted by atomic mass is 10.00. The van der Waals surface area contributed by atoms with Crippen LogP contribution in [0.4, 0.5) is 5.69 Å². The Morgan fingerprint density at radius 1 is 1.04 bits per heavy atom. The van der Waals surface area contributed by atoms with E-state index in [4.69, 9.17) is 0 Å². The summed E-state index contributed by atoms with van der Waals surface area (Å²) in [6, 6.07) is 14.7. The van der Waals surface area contributed by atoms with Gasteiger partial charge in [0.05, 0.1) is 10.6 Å². The number of anilines is 1. The number of nitrogens with one attached hydrogen (secondary N) is 1. The molecule has 2 aliphatic rings. The molecular weight excluding hydrogens is 372 g/mol. The molecule has 0 atom stereocenters. The Hall–Kier alpha value is -2.44. The smallest absolute Gasteiger partial charge is 0.258 e. The third-order valence-corrected chi connectivity index (χ3v) is 7.00. The van der Waals surface area contributed by atoms with Gasteiger partial charge in [0.1, 0.15) is 0 Å². The molecule has 2 aromatic carbocycles. The molecule has 0 unspecified atom stereocenters. The van der Waals surface area contributed by atoms with Crippen LogP contribution < -0.4 is 9.62 Å². The molecule has 2 aromatic rings. The normalized spacial score (nSPS) is 16.8. The van der Waals surface area contributed by atoms with Crippen molar-refractivity contribution in [3.05, 3.63) is 65.2 Å². The monoisotopic (exact) mass is 396 g/mol. The number of hydrogen-bond donors (Lipinski definition) is 1. The summed E-state index contributed by atoms with van der Waals surface area (Å²) >= 11 is 0. The van der Waals surface area contributed by atoms with Crippen molar-refractivity contribution in [3.8, 4) is 0 Å². The van der Waals surface area contributed by atoms with E-state index in [0.29, 0.717) is 18.5 Å². The van der Waals surface area contributed by atoms with Crippen molar-refractivity contribution in [1.82, 2.24) is 4.72 Å². The summed E-state index contributed by atoms with van der Waals surface area (Å²) in [6.07, 6.45) is 4.64. The van der Waals surface area contributed by atoms with Crippen LogP contribution in [0, 0.1) is 0 Å². The lowest BCUT2D eigenvalue weighted by molar-refractivity contribution is -0.112. The first-order valence-electron chi connectivity index (χ1n) is 9.65. The number of nitrogens with zero attached hydrogens (tertiary/aromatic N) is 1. The number of carbonyl (C=O) groups excluding carboxylic acids is 1. The van der Waals surface area contributed by atoms with Gasteiger partial charge >= 0.3 is 0 Å². The quantitative estimate of drug-likeness (QED) is 0.787. The largest absolute Gasteiger partial charge is 0.311 e. The minimum atomic E-state index is -3.64. The summed E-state index contributed by atoms with van der Waals surface area (Å²) in [5.74, 6) is -0.0292. The van der Waals surface area contributed by atoms with Crippen molar-refractivity contribution >= 4 is 27.2 Å². The summed E-state index contributed by atoms with van der Waals surface area (Å²) in [6.45, 7) is 0.330. The molecule has 146 valence electrons. The molecule has 5 nitrogen and oxygen atoms in total. The molecule has 1 fully saturated rings. The number of sulfonamides is 1. The van der Waals surface area contributed by atoms with Gasteiger partial charge in [0.15, 0.2) is 0 Å². The van der Waals surface area contributed by atoms with Gasteiger partial charge in [0, 0.05) is 24.7 Å². The fourth-order valence-corrected chi connectivity index (χ4v) is 5.08. The van der Waals surface area contributed by atoms with Gasteiger partial charge in [0.2, 0.25) is 10.0 Å². The van der Waals surface area contributed by atoms with Gasteiger partial charge in [-0.2, -0.15) is 0 Å². The predicted octanol–water partition coefficient (Wildman–Crippen LogP) is 3.51. The maximum Gasteiger partial charge on any atom is 0.258 e. The van der Waals surface area contributed by atoms with E-state index in [1.807, 2.05) is 30.3 Å². The number of likely N-dealkylation sites (N-methyl/N-ethyl adjacent to an activating group) is 1. The van der Waals surface area contributed by atoms with Crippen molar-refractivity contribution < 1.29 is 13.2 Å². The Balaban J connectivity index is 1.59. The van der Waals surface area contributed by atoms with E-state index in [-0.39, 0.29) is 10.8 Å². The SMILES string of the molecule is CN1C(=O)C(=C2CCCC2)c2cc(S(=O)(=O)NCCc3ccccc3)ccc21. The maximum absolute atomic E-state index is 12.8. The third-order valence-electron chi connectivity index (χ3n) is 5.54. The number of allylic oxidation sites excluding steroid dienone is 1. The van der Waals surface area contributed by atoms with Crippen molar-refractivity contribution in [2.24, 2.45) is 0 Å². The van der Waals surface area contributed by atoms with Gasteiger partial charge in [-0.05, 0) is 55.9 Å². The van der Waals surface area contributed by atoms with Crippen molar-refractivity contribution in [2.75, 3.05) is 18.5 Å². The molecular formula is C22H24N2O3S. The van der Waals surface area contributed by atoms with Gasteiger partial charge in [-0.25, -0.2) is 13.1 Å². The zero-order valence-corrected chi connectivity index (χ0v) is 16.8. The highest BCUT2D eigenvalue weighted by Crippen LogP contribution is 2.42. The van der Waals surface area contributed by atoms with Gasteiger partial charge < -0.3 is 4.90 Å². The molecule has 0 saturated heterocycles. The highest BCUT2D eigenvalue weighted by Gasteiger charge is 2.34. The van der Waals surface area contributed by atoms with E-state index in [1.165, 1.54) is 0 Å². The first-order chi connectivity index (χ1) is 13.5. The minimum absolute atomic E-state index is 0.0292. The molecule has 0 bridgehead atoms. The number of fused-ring (bicyclic) bond motifs is 1. The molecule has 6 heteroatoms. The Morgan fingerprint density at radius 2 is 1.75 bits per heavy atom. The van der Waals surface area contributed by atoms with E-state index in [2.05, 4.69) is 4.72 Å². The molecule has 1 N–H and O–H groups in total. The van der Waals surface area contributed by atoms with Gasteiger partial charge in [-0.1, -0.05) is 35.9 Å². The van der Waals surface area contributed by atoms with Crippen LogP contribution >= 0.6 is 0 Å². The molecule has 4 rings (SSSR count). The molecule has 0 radical (unpaired) electrons. The zero-order valence-electron chi connectivity index (χ0n) is 15.9. The Kier molecular flexibility index (Phi) is 5.08. The fourth-order valence-electron chi connectivity index (χ4n) is 4.02. The maximum atomic E-state index is 12.8. The Morgan fingerprint density at radius 3 is 2.46 bits per heavy atom.